The Bertz CT molecular complexity index is 618. The van der Waals surface area contributed by atoms with Crippen LogP contribution in [0, 0.1) is 0 Å². The van der Waals surface area contributed by atoms with E-state index in [-0.39, 0.29) is 12.3 Å². The van der Waals surface area contributed by atoms with Crippen molar-refractivity contribution in [3.05, 3.63) is 46.2 Å². The molecule has 0 aliphatic carbocycles. The first-order chi connectivity index (χ1) is 9.60. The van der Waals surface area contributed by atoms with E-state index in [1.807, 2.05) is 0 Å². The highest BCUT2D eigenvalue weighted by molar-refractivity contribution is 7.12. The Hall–Kier alpha value is -2.34. The SMILES string of the molecule is COc1ccsc1C(=O)Nc1ccc(CC(=O)O)cc1. The number of benzene rings is 1. The van der Waals surface area contributed by atoms with E-state index in [2.05, 4.69) is 5.32 Å². The first kappa shape index (κ1) is 14.1. The maximum absolute atomic E-state index is 12.0. The van der Waals surface area contributed by atoms with E-state index in [9.17, 15) is 9.59 Å². The minimum Gasteiger partial charge on any atom is -0.495 e. The van der Waals surface area contributed by atoms with E-state index in [4.69, 9.17) is 9.84 Å². The van der Waals surface area contributed by atoms with E-state index in [0.717, 1.165) is 0 Å². The predicted molar refractivity (Wildman–Crippen MR) is 76.6 cm³/mol. The number of hydrogen-bond acceptors (Lipinski definition) is 4. The number of hydrogen-bond donors (Lipinski definition) is 2. The molecular formula is C14H13NO4S. The van der Waals surface area contributed by atoms with Crippen LogP contribution in [0.3, 0.4) is 0 Å². The second kappa shape index (κ2) is 6.21. The van der Waals surface area contributed by atoms with Crippen LogP contribution in [0.15, 0.2) is 35.7 Å². The van der Waals surface area contributed by atoms with Gasteiger partial charge in [0.25, 0.3) is 5.91 Å². The van der Waals surface area contributed by atoms with Gasteiger partial charge in [-0.3, -0.25) is 9.59 Å². The van der Waals surface area contributed by atoms with Crippen LogP contribution in [0.2, 0.25) is 0 Å². The molecule has 0 saturated heterocycles. The number of ether oxygens (including phenoxy) is 1. The third-order valence-corrected chi connectivity index (χ3v) is 3.52. The zero-order valence-electron chi connectivity index (χ0n) is 10.8. The summed E-state index contributed by atoms with van der Waals surface area (Å²) in [6.07, 6.45) is -0.0347. The number of anilines is 1. The maximum Gasteiger partial charge on any atom is 0.307 e. The molecule has 0 unspecified atom stereocenters. The lowest BCUT2D eigenvalue weighted by Crippen LogP contribution is -2.11. The number of thiophene rings is 1. The van der Waals surface area contributed by atoms with E-state index in [0.29, 0.717) is 21.9 Å². The number of carbonyl (C=O) groups excluding carboxylic acids is 1. The number of methoxy groups -OCH3 is 1. The van der Waals surface area contributed by atoms with Crippen molar-refractivity contribution >= 4 is 28.9 Å². The number of carboxylic acids is 1. The first-order valence-electron chi connectivity index (χ1n) is 5.83. The Kier molecular flexibility index (Phi) is 4.37. The lowest BCUT2D eigenvalue weighted by atomic mass is 10.1. The molecule has 2 N–H and O–H groups in total. The van der Waals surface area contributed by atoms with E-state index in [1.165, 1.54) is 18.4 Å². The smallest absolute Gasteiger partial charge is 0.307 e. The molecule has 20 heavy (non-hydrogen) atoms. The molecule has 2 aromatic rings. The fourth-order valence-electron chi connectivity index (χ4n) is 1.69. The summed E-state index contributed by atoms with van der Waals surface area (Å²) in [5, 5.41) is 13.2. The summed E-state index contributed by atoms with van der Waals surface area (Å²) in [5.74, 6) is -0.595. The Balaban J connectivity index is 2.06. The summed E-state index contributed by atoms with van der Waals surface area (Å²) in [6.45, 7) is 0. The number of carbonyl (C=O) groups is 2. The molecule has 0 fully saturated rings. The molecule has 1 amide bonds. The Morgan fingerprint density at radius 2 is 1.95 bits per heavy atom. The van der Waals surface area contributed by atoms with E-state index in [1.54, 1.807) is 35.7 Å². The van der Waals surface area contributed by atoms with Crippen LogP contribution in [-0.2, 0) is 11.2 Å². The second-order valence-corrected chi connectivity index (χ2v) is 4.96. The van der Waals surface area contributed by atoms with E-state index < -0.39 is 5.97 Å². The van der Waals surface area contributed by atoms with Gasteiger partial charge in [0.05, 0.1) is 13.5 Å². The summed E-state index contributed by atoms with van der Waals surface area (Å²) in [6, 6.07) is 8.44. The highest BCUT2D eigenvalue weighted by Crippen LogP contribution is 2.25. The molecule has 6 heteroatoms. The van der Waals surface area contributed by atoms with Crippen LogP contribution in [0.1, 0.15) is 15.2 Å². The van der Waals surface area contributed by atoms with Gasteiger partial charge in [0, 0.05) is 5.69 Å². The number of aliphatic carboxylic acids is 1. The van der Waals surface area contributed by atoms with Crippen molar-refractivity contribution in [2.45, 2.75) is 6.42 Å². The van der Waals surface area contributed by atoms with Gasteiger partial charge in [0.1, 0.15) is 10.6 Å². The van der Waals surface area contributed by atoms with Crippen LogP contribution < -0.4 is 10.1 Å². The van der Waals surface area contributed by atoms with Gasteiger partial charge in [-0.15, -0.1) is 11.3 Å². The molecule has 0 bridgehead atoms. The zero-order valence-corrected chi connectivity index (χ0v) is 11.6. The molecule has 0 aliphatic rings. The summed E-state index contributed by atoms with van der Waals surface area (Å²) in [5.41, 5.74) is 1.30. The Labute approximate surface area is 119 Å². The van der Waals surface area contributed by atoms with Gasteiger partial charge < -0.3 is 15.2 Å². The van der Waals surface area contributed by atoms with Crippen molar-refractivity contribution < 1.29 is 19.4 Å². The van der Waals surface area contributed by atoms with Gasteiger partial charge >= 0.3 is 5.97 Å². The number of rotatable bonds is 5. The van der Waals surface area contributed by atoms with Gasteiger partial charge in [-0.2, -0.15) is 0 Å². The molecule has 0 spiro atoms. The second-order valence-electron chi connectivity index (χ2n) is 4.04. The average molecular weight is 291 g/mol. The zero-order chi connectivity index (χ0) is 14.5. The molecule has 1 aromatic heterocycles. The maximum atomic E-state index is 12.0. The standard InChI is InChI=1S/C14H13NO4S/c1-19-11-6-7-20-13(11)14(18)15-10-4-2-9(3-5-10)8-12(16)17/h2-7H,8H2,1H3,(H,15,18)(H,16,17). The van der Waals surface area contributed by atoms with Gasteiger partial charge in [0.15, 0.2) is 0 Å². The Morgan fingerprint density at radius 1 is 1.25 bits per heavy atom. The molecule has 0 aliphatic heterocycles. The van der Waals surface area contributed by atoms with Gasteiger partial charge in [0.2, 0.25) is 0 Å². The normalized spacial score (nSPS) is 10.1. The molecule has 0 atom stereocenters. The largest absolute Gasteiger partial charge is 0.495 e. The lowest BCUT2D eigenvalue weighted by Gasteiger charge is -2.06. The molecular weight excluding hydrogens is 278 g/mol. The van der Waals surface area contributed by atoms with E-state index >= 15 is 0 Å². The van der Waals surface area contributed by atoms with Crippen LogP contribution in [0.5, 0.6) is 5.75 Å². The predicted octanol–water partition coefficient (Wildman–Crippen LogP) is 2.64. The summed E-state index contributed by atoms with van der Waals surface area (Å²) >= 11 is 1.30. The van der Waals surface area contributed by atoms with Crippen molar-refractivity contribution in [1.82, 2.24) is 0 Å². The minimum atomic E-state index is -0.884. The van der Waals surface area contributed by atoms with Gasteiger partial charge in [-0.05, 0) is 29.1 Å². The fourth-order valence-corrected chi connectivity index (χ4v) is 2.45. The third-order valence-electron chi connectivity index (χ3n) is 2.62. The summed E-state index contributed by atoms with van der Waals surface area (Å²) in [7, 11) is 1.51. The third kappa shape index (κ3) is 3.36. The van der Waals surface area contributed by atoms with Crippen molar-refractivity contribution in [2.75, 3.05) is 12.4 Å². The number of amides is 1. The van der Waals surface area contributed by atoms with Crippen molar-refractivity contribution in [2.24, 2.45) is 0 Å². The molecule has 104 valence electrons. The Morgan fingerprint density at radius 3 is 2.55 bits per heavy atom. The molecule has 1 heterocycles. The van der Waals surface area contributed by atoms with Crippen LogP contribution in [-0.4, -0.2) is 24.1 Å². The lowest BCUT2D eigenvalue weighted by molar-refractivity contribution is -0.136. The molecule has 0 saturated carbocycles. The number of nitrogens with one attached hydrogen (secondary N) is 1. The molecule has 5 nitrogen and oxygen atoms in total. The van der Waals surface area contributed by atoms with Gasteiger partial charge in [-0.25, -0.2) is 0 Å². The average Bonchev–Trinajstić information content (AvgIpc) is 2.89. The fraction of sp³-hybridized carbons (Fsp3) is 0.143. The molecule has 2 rings (SSSR count). The van der Waals surface area contributed by atoms with Crippen LogP contribution in [0.4, 0.5) is 5.69 Å². The van der Waals surface area contributed by atoms with Crippen molar-refractivity contribution in [3.8, 4) is 5.75 Å². The van der Waals surface area contributed by atoms with Crippen LogP contribution in [0.25, 0.3) is 0 Å². The highest BCUT2D eigenvalue weighted by atomic mass is 32.1. The topological polar surface area (TPSA) is 75.6 Å². The summed E-state index contributed by atoms with van der Waals surface area (Å²) < 4.78 is 5.09. The first-order valence-corrected chi connectivity index (χ1v) is 6.71. The molecule has 1 aromatic carbocycles. The van der Waals surface area contributed by atoms with Crippen molar-refractivity contribution in [1.29, 1.82) is 0 Å². The molecule has 0 radical (unpaired) electrons. The minimum absolute atomic E-state index is 0.0347. The van der Waals surface area contributed by atoms with Crippen molar-refractivity contribution in [3.63, 3.8) is 0 Å². The van der Waals surface area contributed by atoms with Gasteiger partial charge in [-0.1, -0.05) is 12.1 Å². The summed E-state index contributed by atoms with van der Waals surface area (Å²) in [4.78, 5) is 23.1. The monoisotopic (exact) mass is 291 g/mol. The number of carboxylic acid groups (broad SMARTS) is 1. The highest BCUT2D eigenvalue weighted by Gasteiger charge is 2.13. The quantitative estimate of drug-likeness (QED) is 0.888. The van der Waals surface area contributed by atoms with Crippen LogP contribution >= 0.6 is 11.3 Å².